The molecular formula is C15H16N4OS. The number of aryl methyl sites for hydroxylation is 1. The van der Waals surface area contributed by atoms with Gasteiger partial charge in [0.05, 0.1) is 17.1 Å². The predicted octanol–water partition coefficient (Wildman–Crippen LogP) is 1.13. The van der Waals surface area contributed by atoms with Crippen molar-refractivity contribution >= 4 is 17.2 Å². The summed E-state index contributed by atoms with van der Waals surface area (Å²) in [5, 5.41) is 5.85. The van der Waals surface area contributed by atoms with Crippen molar-refractivity contribution in [2.24, 2.45) is 5.73 Å². The number of nitrogens with zero attached hydrogens (tertiary/aromatic N) is 2. The summed E-state index contributed by atoms with van der Waals surface area (Å²) in [5.41, 5.74) is 7.27. The summed E-state index contributed by atoms with van der Waals surface area (Å²) in [5.74, 6) is 5.36. The zero-order chi connectivity index (χ0) is 15.1. The molecule has 21 heavy (non-hydrogen) atoms. The molecule has 6 heteroatoms. The van der Waals surface area contributed by atoms with E-state index in [4.69, 9.17) is 5.73 Å². The Labute approximate surface area is 127 Å². The summed E-state index contributed by atoms with van der Waals surface area (Å²) in [6.07, 6.45) is 2.29. The number of amides is 1. The first-order valence-electron chi connectivity index (χ1n) is 6.54. The van der Waals surface area contributed by atoms with Gasteiger partial charge in [-0.2, -0.15) is 0 Å². The van der Waals surface area contributed by atoms with Crippen molar-refractivity contribution in [3.05, 3.63) is 45.7 Å². The molecule has 3 N–H and O–H groups in total. The molecule has 0 aliphatic carbocycles. The SMILES string of the molecule is Cc1csc(CCNC(=O)c2ncccc2C#CCN)n1. The van der Waals surface area contributed by atoms with Gasteiger partial charge in [0.2, 0.25) is 0 Å². The molecule has 2 heterocycles. The van der Waals surface area contributed by atoms with Gasteiger partial charge in [0.25, 0.3) is 5.91 Å². The van der Waals surface area contributed by atoms with E-state index in [2.05, 4.69) is 27.1 Å². The standard InChI is InChI=1S/C15H16N4OS/c1-11-10-21-13(19-11)6-9-18-15(20)14-12(4-2-7-16)5-3-8-17-14/h3,5,8,10H,6-7,9,16H2,1H3,(H,18,20). The molecule has 0 saturated heterocycles. The Bertz CT molecular complexity index is 684. The predicted molar refractivity (Wildman–Crippen MR) is 83.1 cm³/mol. The molecule has 0 saturated carbocycles. The van der Waals surface area contributed by atoms with Crippen LogP contribution >= 0.6 is 11.3 Å². The summed E-state index contributed by atoms with van der Waals surface area (Å²) in [6, 6.07) is 3.50. The Kier molecular flexibility index (Phi) is 5.43. The van der Waals surface area contributed by atoms with Crippen molar-refractivity contribution in [3.63, 3.8) is 0 Å². The van der Waals surface area contributed by atoms with E-state index < -0.39 is 0 Å². The van der Waals surface area contributed by atoms with Crippen LogP contribution in [0, 0.1) is 18.8 Å². The fourth-order valence-corrected chi connectivity index (χ4v) is 2.49. The number of pyridine rings is 1. The number of thiazole rings is 1. The quantitative estimate of drug-likeness (QED) is 0.829. The van der Waals surface area contributed by atoms with Crippen LogP contribution in [0.5, 0.6) is 0 Å². The van der Waals surface area contributed by atoms with Crippen LogP contribution in [0.15, 0.2) is 23.7 Å². The van der Waals surface area contributed by atoms with Crippen molar-refractivity contribution in [2.45, 2.75) is 13.3 Å². The van der Waals surface area contributed by atoms with Gasteiger partial charge in [-0.1, -0.05) is 11.8 Å². The largest absolute Gasteiger partial charge is 0.350 e. The van der Waals surface area contributed by atoms with Crippen molar-refractivity contribution in [3.8, 4) is 11.8 Å². The molecule has 0 aromatic carbocycles. The second kappa shape index (κ2) is 7.53. The van der Waals surface area contributed by atoms with Gasteiger partial charge in [-0.15, -0.1) is 11.3 Å². The third-order valence-corrected chi connectivity index (χ3v) is 3.67. The van der Waals surface area contributed by atoms with Gasteiger partial charge < -0.3 is 11.1 Å². The van der Waals surface area contributed by atoms with Gasteiger partial charge in [0.15, 0.2) is 0 Å². The minimum absolute atomic E-state index is 0.231. The van der Waals surface area contributed by atoms with Crippen molar-refractivity contribution in [1.29, 1.82) is 0 Å². The van der Waals surface area contributed by atoms with E-state index in [9.17, 15) is 4.79 Å². The van der Waals surface area contributed by atoms with Crippen molar-refractivity contribution in [1.82, 2.24) is 15.3 Å². The second-order valence-electron chi connectivity index (χ2n) is 4.29. The number of hydrogen-bond acceptors (Lipinski definition) is 5. The molecule has 1 amide bonds. The topological polar surface area (TPSA) is 80.9 Å². The average Bonchev–Trinajstić information content (AvgIpc) is 2.91. The van der Waals surface area contributed by atoms with Crippen LogP contribution in [-0.4, -0.2) is 29.0 Å². The lowest BCUT2D eigenvalue weighted by molar-refractivity contribution is 0.0949. The monoisotopic (exact) mass is 300 g/mol. The fourth-order valence-electron chi connectivity index (χ4n) is 1.72. The maximum Gasteiger partial charge on any atom is 0.271 e. The van der Waals surface area contributed by atoms with Crippen molar-refractivity contribution < 1.29 is 4.79 Å². The Morgan fingerprint density at radius 1 is 1.52 bits per heavy atom. The zero-order valence-corrected chi connectivity index (χ0v) is 12.5. The van der Waals surface area contributed by atoms with Crippen LogP contribution < -0.4 is 11.1 Å². The molecule has 2 aromatic heterocycles. The van der Waals surface area contributed by atoms with Gasteiger partial charge >= 0.3 is 0 Å². The lowest BCUT2D eigenvalue weighted by Gasteiger charge is -2.05. The van der Waals surface area contributed by atoms with E-state index in [0.717, 1.165) is 10.7 Å². The average molecular weight is 300 g/mol. The lowest BCUT2D eigenvalue weighted by atomic mass is 10.2. The molecule has 0 spiro atoms. The summed E-state index contributed by atoms with van der Waals surface area (Å²) in [6.45, 7) is 2.72. The van der Waals surface area contributed by atoms with E-state index in [0.29, 0.717) is 24.2 Å². The van der Waals surface area contributed by atoms with E-state index in [1.54, 1.807) is 29.7 Å². The Hall–Kier alpha value is -2.23. The first-order valence-corrected chi connectivity index (χ1v) is 7.42. The van der Waals surface area contributed by atoms with Gasteiger partial charge in [-0.3, -0.25) is 4.79 Å². The molecule has 0 aliphatic heterocycles. The smallest absolute Gasteiger partial charge is 0.271 e. The van der Waals surface area contributed by atoms with Gasteiger partial charge in [-0.05, 0) is 19.1 Å². The van der Waals surface area contributed by atoms with E-state index in [1.165, 1.54) is 0 Å². The second-order valence-corrected chi connectivity index (χ2v) is 5.24. The first-order chi connectivity index (χ1) is 10.2. The highest BCUT2D eigenvalue weighted by Gasteiger charge is 2.11. The molecule has 2 rings (SSSR count). The van der Waals surface area contributed by atoms with E-state index in [-0.39, 0.29) is 12.5 Å². The number of hydrogen-bond donors (Lipinski definition) is 2. The molecule has 0 unspecified atom stereocenters. The highest BCUT2D eigenvalue weighted by Crippen LogP contribution is 2.09. The van der Waals surface area contributed by atoms with Crippen LogP contribution in [-0.2, 0) is 6.42 Å². The van der Waals surface area contributed by atoms with Crippen molar-refractivity contribution in [2.75, 3.05) is 13.1 Å². The molecule has 0 fully saturated rings. The highest BCUT2D eigenvalue weighted by atomic mass is 32.1. The number of carbonyl (C=O) groups excluding carboxylic acids is 1. The van der Waals surface area contributed by atoms with Crippen LogP contribution in [0.3, 0.4) is 0 Å². The minimum atomic E-state index is -0.231. The van der Waals surface area contributed by atoms with Crippen LogP contribution in [0.1, 0.15) is 26.8 Å². The molecule has 108 valence electrons. The summed E-state index contributed by atoms with van der Waals surface area (Å²) in [7, 11) is 0. The van der Waals surface area contributed by atoms with Crippen LogP contribution in [0.25, 0.3) is 0 Å². The van der Waals surface area contributed by atoms with Gasteiger partial charge in [0.1, 0.15) is 5.69 Å². The first kappa shape index (κ1) is 15.2. The highest BCUT2D eigenvalue weighted by molar-refractivity contribution is 7.09. The van der Waals surface area contributed by atoms with E-state index in [1.807, 2.05) is 12.3 Å². The fraction of sp³-hybridized carbons (Fsp3) is 0.267. The summed E-state index contributed by atoms with van der Waals surface area (Å²) >= 11 is 1.60. The van der Waals surface area contributed by atoms with E-state index >= 15 is 0 Å². The molecule has 0 aliphatic rings. The molecule has 0 radical (unpaired) electrons. The van der Waals surface area contributed by atoms with Crippen LogP contribution in [0.4, 0.5) is 0 Å². The third-order valence-electron chi connectivity index (χ3n) is 2.64. The maximum absolute atomic E-state index is 12.1. The number of aromatic nitrogens is 2. The maximum atomic E-state index is 12.1. The molecule has 0 atom stereocenters. The normalized spacial score (nSPS) is 9.81. The van der Waals surface area contributed by atoms with Crippen LogP contribution in [0.2, 0.25) is 0 Å². The number of rotatable bonds is 4. The Morgan fingerprint density at radius 3 is 3.10 bits per heavy atom. The molecule has 2 aromatic rings. The number of nitrogens with two attached hydrogens (primary N) is 1. The minimum Gasteiger partial charge on any atom is -0.350 e. The number of carbonyl (C=O) groups is 1. The molecule has 5 nitrogen and oxygen atoms in total. The van der Waals surface area contributed by atoms with Gasteiger partial charge in [-0.25, -0.2) is 9.97 Å². The zero-order valence-electron chi connectivity index (χ0n) is 11.7. The molecular weight excluding hydrogens is 284 g/mol. The Morgan fingerprint density at radius 2 is 2.38 bits per heavy atom. The third kappa shape index (κ3) is 4.38. The lowest BCUT2D eigenvalue weighted by Crippen LogP contribution is -2.27. The molecule has 0 bridgehead atoms. The number of nitrogens with one attached hydrogen (secondary N) is 1. The summed E-state index contributed by atoms with van der Waals surface area (Å²) < 4.78 is 0. The summed E-state index contributed by atoms with van der Waals surface area (Å²) in [4.78, 5) is 20.6. The Balaban J connectivity index is 1.97. The van der Waals surface area contributed by atoms with Gasteiger partial charge in [0, 0.05) is 30.2 Å².